The van der Waals surface area contributed by atoms with Gasteiger partial charge in [0.25, 0.3) is 0 Å². The summed E-state index contributed by atoms with van der Waals surface area (Å²) < 4.78 is 0. The van der Waals surface area contributed by atoms with Crippen molar-refractivity contribution < 1.29 is 0 Å². The minimum Gasteiger partial charge on any atom is -0.295 e. The van der Waals surface area contributed by atoms with E-state index in [1.807, 2.05) is 0 Å². The van der Waals surface area contributed by atoms with E-state index >= 15 is 0 Å². The van der Waals surface area contributed by atoms with Crippen molar-refractivity contribution in [3.8, 4) is 0 Å². The Bertz CT molecular complexity index is 156. The number of hydrogen-bond donors (Lipinski definition) is 0. The normalized spacial score (nSPS) is 27.1. The Morgan fingerprint density at radius 3 is 2.90 bits per heavy atom. The fourth-order valence-corrected chi connectivity index (χ4v) is 1.57. The maximum absolute atomic E-state index is 2.55. The van der Waals surface area contributed by atoms with Gasteiger partial charge in [0.15, 0.2) is 0 Å². The molecule has 1 fully saturated rings. The molecule has 1 heterocycles. The van der Waals surface area contributed by atoms with E-state index in [0.29, 0.717) is 0 Å². The van der Waals surface area contributed by atoms with Gasteiger partial charge in [-0.05, 0) is 25.7 Å². The van der Waals surface area contributed by atoms with Crippen molar-refractivity contribution in [2.24, 2.45) is 5.92 Å². The van der Waals surface area contributed by atoms with Gasteiger partial charge in [-0.3, -0.25) is 4.90 Å². The van der Waals surface area contributed by atoms with E-state index in [9.17, 15) is 0 Å². The van der Waals surface area contributed by atoms with E-state index in [1.54, 1.807) is 5.57 Å². The molecule has 0 spiro atoms. The van der Waals surface area contributed by atoms with E-state index in [4.69, 9.17) is 0 Å². The zero-order valence-electron chi connectivity index (χ0n) is 6.64. The largest absolute Gasteiger partial charge is 0.295 e. The van der Waals surface area contributed by atoms with Crippen molar-refractivity contribution in [2.45, 2.75) is 19.8 Å². The maximum Gasteiger partial charge on any atom is 0.0193 e. The summed E-state index contributed by atoms with van der Waals surface area (Å²) in [5.74, 6) is 1.05. The molecular formula is C9H15N. The van der Waals surface area contributed by atoms with Crippen LogP contribution in [0, 0.1) is 5.92 Å². The van der Waals surface area contributed by atoms with Gasteiger partial charge in [-0.1, -0.05) is 11.6 Å². The van der Waals surface area contributed by atoms with Crippen LogP contribution in [0.3, 0.4) is 0 Å². The van der Waals surface area contributed by atoms with Crippen molar-refractivity contribution in [2.75, 3.05) is 19.6 Å². The highest BCUT2D eigenvalue weighted by atomic mass is 15.1. The van der Waals surface area contributed by atoms with Crippen LogP contribution in [0.15, 0.2) is 11.6 Å². The molecule has 10 heavy (non-hydrogen) atoms. The second-order valence-corrected chi connectivity index (χ2v) is 3.69. The molecule has 1 aliphatic carbocycles. The molecule has 0 aromatic heterocycles. The Morgan fingerprint density at radius 2 is 2.40 bits per heavy atom. The van der Waals surface area contributed by atoms with Crippen LogP contribution >= 0.6 is 0 Å². The van der Waals surface area contributed by atoms with Crippen molar-refractivity contribution in [3.05, 3.63) is 11.6 Å². The van der Waals surface area contributed by atoms with Gasteiger partial charge in [0.1, 0.15) is 0 Å². The van der Waals surface area contributed by atoms with Gasteiger partial charge in [-0.15, -0.1) is 0 Å². The Balaban J connectivity index is 1.76. The highest BCUT2D eigenvalue weighted by molar-refractivity contribution is 5.08. The minimum absolute atomic E-state index is 1.05. The van der Waals surface area contributed by atoms with Gasteiger partial charge in [0, 0.05) is 19.6 Å². The molecule has 0 radical (unpaired) electrons. The molecule has 0 aromatic rings. The SMILES string of the molecule is CC1=CCN(CC2CC2)C1. The van der Waals surface area contributed by atoms with Crippen LogP contribution in [0.1, 0.15) is 19.8 Å². The lowest BCUT2D eigenvalue weighted by Crippen LogP contribution is -2.22. The molecule has 1 aliphatic heterocycles. The van der Waals surface area contributed by atoms with Crippen molar-refractivity contribution in [1.82, 2.24) is 4.90 Å². The fraction of sp³-hybridized carbons (Fsp3) is 0.778. The molecule has 0 amide bonds. The predicted molar refractivity (Wildman–Crippen MR) is 42.9 cm³/mol. The Kier molecular flexibility index (Phi) is 1.53. The molecule has 1 heteroatoms. The van der Waals surface area contributed by atoms with Gasteiger partial charge in [-0.2, -0.15) is 0 Å². The number of hydrogen-bond acceptors (Lipinski definition) is 1. The summed E-state index contributed by atoms with van der Waals surface area (Å²) in [7, 11) is 0. The molecule has 56 valence electrons. The van der Waals surface area contributed by atoms with E-state index < -0.39 is 0 Å². The van der Waals surface area contributed by atoms with Crippen LogP contribution in [0.2, 0.25) is 0 Å². The summed E-state index contributed by atoms with van der Waals surface area (Å²) in [6.45, 7) is 6.03. The standard InChI is InChI=1S/C9H15N/c1-8-4-5-10(6-8)7-9-2-3-9/h4,9H,2-3,5-7H2,1H3. The van der Waals surface area contributed by atoms with Crippen LogP contribution in [0.4, 0.5) is 0 Å². The Labute approximate surface area is 62.7 Å². The van der Waals surface area contributed by atoms with E-state index in [-0.39, 0.29) is 0 Å². The van der Waals surface area contributed by atoms with E-state index in [0.717, 1.165) is 5.92 Å². The molecule has 1 nitrogen and oxygen atoms in total. The molecule has 0 bridgehead atoms. The third kappa shape index (κ3) is 1.40. The van der Waals surface area contributed by atoms with Crippen LogP contribution in [-0.4, -0.2) is 24.5 Å². The molecule has 1 saturated carbocycles. The quantitative estimate of drug-likeness (QED) is 0.523. The molecule has 2 aliphatic rings. The first kappa shape index (κ1) is 6.41. The number of rotatable bonds is 2. The van der Waals surface area contributed by atoms with Gasteiger partial charge >= 0.3 is 0 Å². The molecule has 0 aromatic carbocycles. The lowest BCUT2D eigenvalue weighted by atomic mass is 10.3. The predicted octanol–water partition coefficient (Wildman–Crippen LogP) is 1.66. The highest BCUT2D eigenvalue weighted by Crippen LogP contribution is 2.30. The topological polar surface area (TPSA) is 3.24 Å². The fourth-order valence-electron chi connectivity index (χ4n) is 1.57. The summed E-state index contributed by atoms with van der Waals surface area (Å²) in [6.07, 6.45) is 5.31. The van der Waals surface area contributed by atoms with Gasteiger partial charge in [0.05, 0.1) is 0 Å². The lowest BCUT2D eigenvalue weighted by Gasteiger charge is -2.13. The summed E-state index contributed by atoms with van der Waals surface area (Å²) >= 11 is 0. The summed E-state index contributed by atoms with van der Waals surface area (Å²) in [6, 6.07) is 0. The van der Waals surface area contributed by atoms with Crippen LogP contribution in [0.25, 0.3) is 0 Å². The molecule has 0 atom stereocenters. The van der Waals surface area contributed by atoms with Gasteiger partial charge in [-0.25, -0.2) is 0 Å². The zero-order chi connectivity index (χ0) is 6.97. The molecule has 0 unspecified atom stereocenters. The van der Waals surface area contributed by atoms with E-state index in [2.05, 4.69) is 17.9 Å². The van der Waals surface area contributed by atoms with E-state index in [1.165, 1.54) is 32.5 Å². The average molecular weight is 137 g/mol. The summed E-state index contributed by atoms with van der Waals surface area (Å²) in [5.41, 5.74) is 1.56. The first-order valence-corrected chi connectivity index (χ1v) is 4.22. The summed E-state index contributed by atoms with van der Waals surface area (Å²) in [5, 5.41) is 0. The highest BCUT2D eigenvalue weighted by Gasteiger charge is 2.24. The average Bonchev–Trinajstić information content (AvgIpc) is 2.59. The minimum atomic E-state index is 1.05. The summed E-state index contributed by atoms with van der Waals surface area (Å²) in [4.78, 5) is 2.55. The molecule has 2 rings (SSSR count). The molecule has 0 saturated heterocycles. The Morgan fingerprint density at radius 1 is 1.60 bits per heavy atom. The van der Waals surface area contributed by atoms with Crippen molar-refractivity contribution in [1.29, 1.82) is 0 Å². The van der Waals surface area contributed by atoms with Crippen molar-refractivity contribution >= 4 is 0 Å². The second kappa shape index (κ2) is 2.39. The zero-order valence-corrected chi connectivity index (χ0v) is 6.64. The van der Waals surface area contributed by atoms with Gasteiger partial charge in [0.2, 0.25) is 0 Å². The lowest BCUT2D eigenvalue weighted by molar-refractivity contribution is 0.333. The van der Waals surface area contributed by atoms with Crippen LogP contribution < -0.4 is 0 Å². The van der Waals surface area contributed by atoms with Crippen LogP contribution in [0.5, 0.6) is 0 Å². The van der Waals surface area contributed by atoms with Gasteiger partial charge < -0.3 is 0 Å². The molecule has 0 N–H and O–H groups in total. The van der Waals surface area contributed by atoms with Crippen LogP contribution in [-0.2, 0) is 0 Å². The third-order valence-electron chi connectivity index (χ3n) is 2.38. The monoisotopic (exact) mass is 137 g/mol. The first-order valence-electron chi connectivity index (χ1n) is 4.22. The Hall–Kier alpha value is -0.300. The maximum atomic E-state index is 2.55. The number of nitrogens with zero attached hydrogens (tertiary/aromatic N) is 1. The smallest absolute Gasteiger partial charge is 0.0193 e. The molecular weight excluding hydrogens is 122 g/mol. The third-order valence-corrected chi connectivity index (χ3v) is 2.38. The van der Waals surface area contributed by atoms with Crippen molar-refractivity contribution in [3.63, 3.8) is 0 Å². The second-order valence-electron chi connectivity index (χ2n) is 3.69. The first-order chi connectivity index (χ1) is 4.84.